The molecule has 2 aromatic rings. The molecule has 2 amide bonds. The minimum atomic E-state index is -0.624. The van der Waals surface area contributed by atoms with Crippen LogP contribution in [0.25, 0.3) is 11.0 Å². The van der Waals surface area contributed by atoms with Gasteiger partial charge in [0.15, 0.2) is 5.65 Å². The van der Waals surface area contributed by atoms with E-state index in [1.807, 2.05) is 53.8 Å². The van der Waals surface area contributed by atoms with Crippen LogP contribution in [0.2, 0.25) is 0 Å². The minimum Gasteiger partial charge on any atom is -0.444 e. The van der Waals surface area contributed by atoms with Gasteiger partial charge in [0.2, 0.25) is 5.91 Å². The van der Waals surface area contributed by atoms with Gasteiger partial charge in [-0.25, -0.2) is 9.78 Å². The highest BCUT2D eigenvalue weighted by atomic mass is 16.6. The molecule has 2 aromatic heterocycles. The van der Waals surface area contributed by atoms with E-state index >= 15 is 0 Å². The van der Waals surface area contributed by atoms with Crippen molar-refractivity contribution in [3.05, 3.63) is 24.0 Å². The van der Waals surface area contributed by atoms with Crippen LogP contribution in [0.4, 0.5) is 4.79 Å². The fourth-order valence-corrected chi connectivity index (χ4v) is 4.39. The molecule has 0 aromatic carbocycles. The van der Waals surface area contributed by atoms with Crippen molar-refractivity contribution >= 4 is 23.0 Å². The summed E-state index contributed by atoms with van der Waals surface area (Å²) in [5, 5.41) is 8.72. The van der Waals surface area contributed by atoms with Crippen molar-refractivity contribution in [3.63, 3.8) is 0 Å². The first kappa shape index (κ1) is 19.7. The maximum Gasteiger partial charge on any atom is 0.410 e. The van der Waals surface area contributed by atoms with Crippen molar-refractivity contribution in [2.24, 2.45) is 24.8 Å². The van der Waals surface area contributed by atoms with E-state index in [0.717, 1.165) is 16.7 Å². The number of ether oxygens (including phenoxy) is 1. The standard InChI is InChI=1S/C21H29N5O3/c1-20(2,3)29-19(28)26-10-13-14(11-26)15(13)18(27)23-21(4,5)16-12-8-7-9-22-17(12)25(6)24-16/h7-9,13-15H,10-11H2,1-6H3,(H,23,27)/t13-,14?,15+/m0/s1. The lowest BCUT2D eigenvalue weighted by atomic mass is 9.97. The van der Waals surface area contributed by atoms with E-state index in [4.69, 9.17) is 4.74 Å². The summed E-state index contributed by atoms with van der Waals surface area (Å²) < 4.78 is 7.18. The number of rotatable bonds is 3. The molecule has 4 rings (SSSR count). The van der Waals surface area contributed by atoms with Gasteiger partial charge in [0.25, 0.3) is 0 Å². The largest absolute Gasteiger partial charge is 0.444 e. The second-order valence-electron chi connectivity index (χ2n) is 9.70. The van der Waals surface area contributed by atoms with Crippen LogP contribution < -0.4 is 5.32 Å². The van der Waals surface area contributed by atoms with Crippen LogP contribution in [0.3, 0.4) is 0 Å². The molecule has 0 spiro atoms. The predicted octanol–water partition coefficient (Wildman–Crippen LogP) is 2.43. The highest BCUT2D eigenvalue weighted by Crippen LogP contribution is 2.52. The maximum absolute atomic E-state index is 13.0. The van der Waals surface area contributed by atoms with Gasteiger partial charge in [-0.05, 0) is 58.6 Å². The summed E-state index contributed by atoms with van der Waals surface area (Å²) in [5.74, 6) is 0.388. The molecular weight excluding hydrogens is 370 g/mol. The lowest BCUT2D eigenvalue weighted by molar-refractivity contribution is -0.125. The Morgan fingerprint density at radius 3 is 2.45 bits per heavy atom. The molecule has 3 heterocycles. The van der Waals surface area contributed by atoms with E-state index in [-0.39, 0.29) is 29.8 Å². The molecular formula is C21H29N5O3. The molecule has 0 radical (unpaired) electrons. The summed E-state index contributed by atoms with van der Waals surface area (Å²) >= 11 is 0. The number of likely N-dealkylation sites (tertiary alicyclic amines) is 1. The summed E-state index contributed by atoms with van der Waals surface area (Å²) in [5.41, 5.74) is 0.463. The Labute approximate surface area is 170 Å². The van der Waals surface area contributed by atoms with Crippen LogP contribution in [0.15, 0.2) is 18.3 Å². The van der Waals surface area contributed by atoms with Crippen molar-refractivity contribution in [1.29, 1.82) is 0 Å². The highest BCUT2D eigenvalue weighted by Gasteiger charge is 2.61. The second kappa shape index (κ2) is 6.43. The van der Waals surface area contributed by atoms with Gasteiger partial charge in [-0.3, -0.25) is 9.48 Å². The molecule has 0 bridgehead atoms. The summed E-state index contributed by atoms with van der Waals surface area (Å²) in [6, 6.07) is 3.85. The fourth-order valence-electron chi connectivity index (χ4n) is 4.39. The number of aryl methyl sites for hydroxylation is 1. The van der Waals surface area contributed by atoms with Crippen LogP contribution in [-0.2, 0) is 22.1 Å². The molecule has 1 N–H and O–H groups in total. The van der Waals surface area contributed by atoms with Crippen molar-refractivity contribution < 1.29 is 14.3 Å². The van der Waals surface area contributed by atoms with Crippen molar-refractivity contribution in [2.75, 3.05) is 13.1 Å². The number of carbonyl (C=O) groups excluding carboxylic acids is 2. The second-order valence-corrected chi connectivity index (χ2v) is 9.70. The average Bonchev–Trinajstić information content (AvgIpc) is 2.95. The van der Waals surface area contributed by atoms with E-state index in [9.17, 15) is 9.59 Å². The molecule has 2 aliphatic rings. The first-order chi connectivity index (χ1) is 13.5. The van der Waals surface area contributed by atoms with E-state index < -0.39 is 11.1 Å². The van der Waals surface area contributed by atoms with Crippen LogP contribution in [0, 0.1) is 17.8 Å². The third-order valence-corrected chi connectivity index (χ3v) is 5.77. The number of fused-ring (bicyclic) bond motifs is 2. The van der Waals surface area contributed by atoms with E-state index in [1.165, 1.54) is 0 Å². The number of hydrogen-bond donors (Lipinski definition) is 1. The lowest BCUT2D eigenvalue weighted by Crippen LogP contribution is -2.44. The smallest absolute Gasteiger partial charge is 0.410 e. The van der Waals surface area contributed by atoms with Gasteiger partial charge >= 0.3 is 6.09 Å². The quantitative estimate of drug-likeness (QED) is 0.856. The van der Waals surface area contributed by atoms with Gasteiger partial charge in [0.05, 0.1) is 11.2 Å². The van der Waals surface area contributed by atoms with Gasteiger partial charge < -0.3 is 15.0 Å². The Morgan fingerprint density at radius 2 is 1.83 bits per heavy atom. The molecule has 8 nitrogen and oxygen atoms in total. The van der Waals surface area contributed by atoms with Gasteiger partial charge in [-0.1, -0.05) is 0 Å². The molecule has 3 atom stereocenters. The van der Waals surface area contributed by atoms with Gasteiger partial charge in [-0.15, -0.1) is 0 Å². The molecule has 2 fully saturated rings. The van der Waals surface area contributed by atoms with E-state index in [0.29, 0.717) is 13.1 Å². The number of amides is 2. The third-order valence-electron chi connectivity index (χ3n) is 5.77. The fraction of sp³-hybridized carbons (Fsp3) is 0.619. The van der Waals surface area contributed by atoms with Crippen LogP contribution in [-0.4, -0.2) is 50.4 Å². The van der Waals surface area contributed by atoms with Gasteiger partial charge in [-0.2, -0.15) is 5.10 Å². The first-order valence-corrected chi connectivity index (χ1v) is 10.1. The van der Waals surface area contributed by atoms with Crippen LogP contribution in [0.5, 0.6) is 0 Å². The zero-order valence-corrected chi connectivity index (χ0v) is 17.9. The number of nitrogens with one attached hydrogen (secondary N) is 1. The topological polar surface area (TPSA) is 89.4 Å². The third kappa shape index (κ3) is 3.56. The maximum atomic E-state index is 13.0. The highest BCUT2D eigenvalue weighted by molar-refractivity contribution is 5.85. The van der Waals surface area contributed by atoms with Crippen LogP contribution >= 0.6 is 0 Å². The number of hydrogen-bond acceptors (Lipinski definition) is 5. The van der Waals surface area contributed by atoms with E-state index in [2.05, 4.69) is 15.4 Å². The van der Waals surface area contributed by atoms with Crippen molar-refractivity contribution in [3.8, 4) is 0 Å². The molecule has 1 unspecified atom stereocenters. The Balaban J connectivity index is 1.41. The molecule has 156 valence electrons. The molecule has 1 aliphatic carbocycles. The molecule has 29 heavy (non-hydrogen) atoms. The number of nitrogens with zero attached hydrogens (tertiary/aromatic N) is 4. The SMILES string of the molecule is Cn1nc(C(C)(C)NC(=O)[C@H]2C3CN(C(=O)OC(C)(C)C)C[C@@H]32)c2cccnc21. The number of aromatic nitrogens is 3. The Kier molecular flexibility index (Phi) is 4.36. The summed E-state index contributed by atoms with van der Waals surface area (Å²) in [6.45, 7) is 10.7. The first-order valence-electron chi connectivity index (χ1n) is 10.1. The number of piperidine rings is 1. The Hall–Kier alpha value is -2.64. The summed E-state index contributed by atoms with van der Waals surface area (Å²) in [4.78, 5) is 31.3. The zero-order chi connectivity index (χ0) is 21.1. The molecule has 1 saturated carbocycles. The zero-order valence-electron chi connectivity index (χ0n) is 17.9. The monoisotopic (exact) mass is 399 g/mol. The number of carbonyl (C=O) groups is 2. The van der Waals surface area contributed by atoms with Crippen molar-refractivity contribution in [1.82, 2.24) is 25.0 Å². The summed E-state index contributed by atoms with van der Waals surface area (Å²) in [7, 11) is 1.85. The summed E-state index contributed by atoms with van der Waals surface area (Å²) in [6.07, 6.45) is 1.44. The van der Waals surface area contributed by atoms with Gasteiger partial charge in [0.1, 0.15) is 5.60 Å². The normalized spacial score (nSPS) is 23.8. The van der Waals surface area contributed by atoms with Gasteiger partial charge in [0, 0.05) is 37.6 Å². The Bertz CT molecular complexity index is 962. The average molecular weight is 399 g/mol. The number of pyridine rings is 1. The Morgan fingerprint density at radius 1 is 1.17 bits per heavy atom. The predicted molar refractivity (Wildman–Crippen MR) is 108 cm³/mol. The lowest BCUT2D eigenvalue weighted by Gasteiger charge is -2.27. The molecule has 8 heteroatoms. The molecule has 1 aliphatic heterocycles. The minimum absolute atomic E-state index is 0.0246. The van der Waals surface area contributed by atoms with Crippen LogP contribution in [0.1, 0.15) is 40.3 Å². The van der Waals surface area contributed by atoms with E-state index in [1.54, 1.807) is 15.8 Å². The van der Waals surface area contributed by atoms with Crippen molar-refractivity contribution in [2.45, 2.75) is 45.8 Å². The molecule has 1 saturated heterocycles.